The van der Waals surface area contributed by atoms with Gasteiger partial charge in [-0.2, -0.15) is 0 Å². The quantitative estimate of drug-likeness (QED) is 0.723. The molecule has 0 unspecified atom stereocenters. The minimum Gasteiger partial charge on any atom is -0.467 e. The highest BCUT2D eigenvalue weighted by molar-refractivity contribution is 5.92. The molecule has 0 radical (unpaired) electrons. The molecule has 0 aliphatic rings. The molecule has 3 aromatic heterocycles. The molecule has 3 rings (SSSR count). The summed E-state index contributed by atoms with van der Waals surface area (Å²) >= 11 is 0. The Kier molecular flexibility index (Phi) is 4.81. The van der Waals surface area contributed by atoms with Crippen molar-refractivity contribution in [2.75, 3.05) is 5.32 Å². The molecule has 122 valence electrons. The van der Waals surface area contributed by atoms with E-state index in [0.717, 1.165) is 11.5 Å². The van der Waals surface area contributed by atoms with Gasteiger partial charge in [0.2, 0.25) is 5.95 Å². The second-order valence-electron chi connectivity index (χ2n) is 5.15. The van der Waals surface area contributed by atoms with Gasteiger partial charge in [0.25, 0.3) is 5.91 Å². The van der Waals surface area contributed by atoms with Gasteiger partial charge in [0.05, 0.1) is 25.0 Å². The highest BCUT2D eigenvalue weighted by atomic mass is 16.3. The van der Waals surface area contributed by atoms with Crippen LogP contribution in [0.2, 0.25) is 0 Å². The average Bonchev–Trinajstić information content (AvgIpc) is 3.12. The van der Waals surface area contributed by atoms with Gasteiger partial charge >= 0.3 is 0 Å². The molecule has 0 aliphatic carbocycles. The van der Waals surface area contributed by atoms with Crippen LogP contribution in [0, 0.1) is 6.92 Å². The Balaban J connectivity index is 1.65. The van der Waals surface area contributed by atoms with Crippen molar-refractivity contribution in [3.05, 3.63) is 71.7 Å². The van der Waals surface area contributed by atoms with Crippen LogP contribution in [0.5, 0.6) is 0 Å². The lowest BCUT2D eigenvalue weighted by molar-refractivity contribution is 0.0945. The Morgan fingerprint density at radius 1 is 1.17 bits per heavy atom. The third-order valence-corrected chi connectivity index (χ3v) is 3.24. The number of hydrogen-bond acceptors (Lipinski definition) is 6. The zero-order valence-electron chi connectivity index (χ0n) is 13.2. The molecule has 3 aromatic rings. The van der Waals surface area contributed by atoms with Gasteiger partial charge in [0.1, 0.15) is 11.5 Å². The van der Waals surface area contributed by atoms with Gasteiger partial charge in [-0.05, 0) is 37.3 Å². The minimum absolute atomic E-state index is 0.271. The number of rotatable bonds is 6. The molecule has 0 aromatic carbocycles. The molecular formula is C17H17N5O2. The van der Waals surface area contributed by atoms with E-state index in [9.17, 15) is 4.79 Å². The smallest absolute Gasteiger partial charge is 0.270 e. The van der Waals surface area contributed by atoms with E-state index >= 15 is 0 Å². The van der Waals surface area contributed by atoms with Crippen LogP contribution in [-0.4, -0.2) is 20.9 Å². The molecule has 0 fully saturated rings. The maximum Gasteiger partial charge on any atom is 0.270 e. The fourth-order valence-corrected chi connectivity index (χ4v) is 2.11. The summed E-state index contributed by atoms with van der Waals surface area (Å²) in [5.41, 5.74) is 1.79. The summed E-state index contributed by atoms with van der Waals surface area (Å²) < 4.78 is 5.25. The van der Waals surface area contributed by atoms with Crippen LogP contribution in [-0.2, 0) is 13.1 Å². The van der Waals surface area contributed by atoms with Crippen molar-refractivity contribution in [1.82, 2.24) is 20.3 Å². The summed E-state index contributed by atoms with van der Waals surface area (Å²) in [4.78, 5) is 25.0. The molecule has 0 bridgehead atoms. The lowest BCUT2D eigenvalue weighted by Crippen LogP contribution is -2.25. The molecule has 0 aliphatic heterocycles. The highest BCUT2D eigenvalue weighted by Gasteiger charge is 2.11. The van der Waals surface area contributed by atoms with Crippen molar-refractivity contribution in [2.24, 2.45) is 0 Å². The second-order valence-corrected chi connectivity index (χ2v) is 5.15. The first kappa shape index (κ1) is 15.7. The fraction of sp³-hybridized carbons (Fsp3) is 0.176. The first-order chi connectivity index (χ1) is 11.7. The lowest BCUT2D eigenvalue weighted by Gasteiger charge is -2.08. The Morgan fingerprint density at radius 3 is 2.83 bits per heavy atom. The number of aryl methyl sites for hydroxylation is 1. The predicted octanol–water partition coefficient (Wildman–Crippen LogP) is 2.32. The largest absolute Gasteiger partial charge is 0.467 e. The van der Waals surface area contributed by atoms with E-state index in [2.05, 4.69) is 25.6 Å². The molecule has 0 saturated heterocycles. The summed E-state index contributed by atoms with van der Waals surface area (Å²) in [7, 11) is 0. The molecule has 1 amide bonds. The zero-order chi connectivity index (χ0) is 16.8. The first-order valence-corrected chi connectivity index (χ1v) is 7.51. The Hall–Kier alpha value is -3.22. The number of furan rings is 1. The number of carbonyl (C=O) groups is 1. The minimum atomic E-state index is -0.271. The van der Waals surface area contributed by atoms with E-state index in [1.165, 1.54) is 0 Å². The fourth-order valence-electron chi connectivity index (χ4n) is 2.11. The molecule has 2 N–H and O–H groups in total. The van der Waals surface area contributed by atoms with Gasteiger partial charge in [-0.1, -0.05) is 6.07 Å². The average molecular weight is 323 g/mol. The van der Waals surface area contributed by atoms with Crippen LogP contribution in [0.3, 0.4) is 0 Å². The van der Waals surface area contributed by atoms with Crippen molar-refractivity contribution >= 4 is 11.9 Å². The second kappa shape index (κ2) is 7.36. The van der Waals surface area contributed by atoms with Crippen LogP contribution in [0.4, 0.5) is 5.95 Å². The summed E-state index contributed by atoms with van der Waals surface area (Å²) in [5.74, 6) is 0.878. The van der Waals surface area contributed by atoms with E-state index in [-0.39, 0.29) is 5.91 Å². The number of aromatic nitrogens is 3. The molecule has 0 atom stereocenters. The van der Waals surface area contributed by atoms with Crippen LogP contribution < -0.4 is 10.6 Å². The van der Waals surface area contributed by atoms with Gasteiger partial charge in [0, 0.05) is 11.9 Å². The van der Waals surface area contributed by atoms with Gasteiger partial charge in [-0.3, -0.25) is 9.78 Å². The Labute approximate surface area is 139 Å². The van der Waals surface area contributed by atoms with Crippen LogP contribution in [0.25, 0.3) is 0 Å². The van der Waals surface area contributed by atoms with Crippen molar-refractivity contribution in [3.8, 4) is 0 Å². The molecule has 3 heterocycles. The Morgan fingerprint density at radius 2 is 2.08 bits per heavy atom. The highest BCUT2D eigenvalue weighted by Crippen LogP contribution is 2.08. The predicted molar refractivity (Wildman–Crippen MR) is 88.2 cm³/mol. The normalized spacial score (nSPS) is 10.4. The molecule has 7 heteroatoms. The number of amides is 1. The topological polar surface area (TPSA) is 92.9 Å². The third-order valence-electron chi connectivity index (χ3n) is 3.24. The van der Waals surface area contributed by atoms with E-state index in [4.69, 9.17) is 4.42 Å². The van der Waals surface area contributed by atoms with Gasteiger partial charge in [-0.15, -0.1) is 0 Å². The van der Waals surface area contributed by atoms with Crippen LogP contribution in [0.1, 0.15) is 27.6 Å². The van der Waals surface area contributed by atoms with Crippen molar-refractivity contribution in [3.63, 3.8) is 0 Å². The van der Waals surface area contributed by atoms with E-state index in [1.807, 2.05) is 37.3 Å². The van der Waals surface area contributed by atoms with Crippen molar-refractivity contribution < 1.29 is 9.21 Å². The summed E-state index contributed by atoms with van der Waals surface area (Å²) in [6.45, 7) is 2.61. The molecule has 7 nitrogen and oxygen atoms in total. The maximum atomic E-state index is 12.3. The number of pyridine rings is 1. The number of carbonyl (C=O) groups excluding carboxylic acids is 1. The molecule has 0 saturated carbocycles. The van der Waals surface area contributed by atoms with E-state index < -0.39 is 0 Å². The summed E-state index contributed by atoms with van der Waals surface area (Å²) in [5, 5.41) is 5.85. The summed E-state index contributed by atoms with van der Waals surface area (Å²) in [6.07, 6.45) is 3.29. The maximum absolute atomic E-state index is 12.3. The standard InChI is InChI=1S/C17H17N5O2/c1-12-9-15(16(23)19-10-13-5-2-3-7-18-13)22-17(21-12)20-11-14-6-4-8-24-14/h2-9H,10-11H2,1H3,(H,19,23)(H,20,21,22). The first-order valence-electron chi connectivity index (χ1n) is 7.51. The number of nitrogens with zero attached hydrogens (tertiary/aromatic N) is 3. The number of nitrogens with one attached hydrogen (secondary N) is 2. The SMILES string of the molecule is Cc1cc(C(=O)NCc2ccccn2)nc(NCc2ccco2)n1. The summed E-state index contributed by atoms with van der Waals surface area (Å²) in [6, 6.07) is 10.9. The lowest BCUT2D eigenvalue weighted by atomic mass is 10.3. The monoisotopic (exact) mass is 323 g/mol. The van der Waals surface area contributed by atoms with Crippen molar-refractivity contribution in [1.29, 1.82) is 0 Å². The van der Waals surface area contributed by atoms with Gasteiger partial charge in [-0.25, -0.2) is 9.97 Å². The van der Waals surface area contributed by atoms with Gasteiger partial charge < -0.3 is 15.1 Å². The van der Waals surface area contributed by atoms with Crippen LogP contribution in [0.15, 0.2) is 53.3 Å². The van der Waals surface area contributed by atoms with Crippen molar-refractivity contribution in [2.45, 2.75) is 20.0 Å². The third kappa shape index (κ3) is 4.16. The zero-order valence-corrected chi connectivity index (χ0v) is 13.2. The molecule has 24 heavy (non-hydrogen) atoms. The van der Waals surface area contributed by atoms with E-state index in [1.54, 1.807) is 18.5 Å². The number of anilines is 1. The number of hydrogen-bond donors (Lipinski definition) is 2. The molecule has 0 spiro atoms. The van der Waals surface area contributed by atoms with Gasteiger partial charge in [0.15, 0.2) is 0 Å². The van der Waals surface area contributed by atoms with Crippen LogP contribution >= 0.6 is 0 Å². The Bertz CT molecular complexity index is 803. The van der Waals surface area contributed by atoms with E-state index in [0.29, 0.717) is 30.4 Å². The molecular weight excluding hydrogens is 306 g/mol.